The minimum Gasteiger partial charge on any atom is -0.277 e. The second-order valence-corrected chi connectivity index (χ2v) is 5.71. The van der Waals surface area contributed by atoms with Crippen LogP contribution >= 0.6 is 15.9 Å². The monoisotopic (exact) mass is 346 g/mol. The van der Waals surface area contributed by atoms with Crippen LogP contribution in [-0.4, -0.2) is 19.5 Å². The Morgan fingerprint density at radius 3 is 2.62 bits per heavy atom. The Kier molecular flexibility index (Phi) is 3.21. The predicted octanol–water partition coefficient (Wildman–Crippen LogP) is 3.71. The number of rotatable bonds is 2. The van der Waals surface area contributed by atoms with Crippen molar-refractivity contribution in [2.24, 2.45) is 0 Å². The summed E-state index contributed by atoms with van der Waals surface area (Å²) < 4.78 is 2.21. The van der Waals surface area contributed by atoms with Crippen molar-refractivity contribution < 1.29 is 4.92 Å². The first-order valence-corrected chi connectivity index (χ1v) is 7.01. The maximum absolute atomic E-state index is 11.2. The summed E-state index contributed by atoms with van der Waals surface area (Å²) in [6.45, 7) is 4.00. The van der Waals surface area contributed by atoms with Gasteiger partial charge in [0.1, 0.15) is 6.33 Å². The van der Waals surface area contributed by atoms with Crippen LogP contribution in [0.15, 0.2) is 35.2 Å². The molecule has 2 aromatic heterocycles. The highest BCUT2D eigenvalue weighted by Crippen LogP contribution is 2.28. The third-order valence-corrected chi connectivity index (χ3v) is 3.84. The van der Waals surface area contributed by atoms with Crippen LogP contribution in [0.2, 0.25) is 0 Å². The van der Waals surface area contributed by atoms with Crippen molar-refractivity contribution in [1.29, 1.82) is 0 Å². The molecule has 0 aliphatic heterocycles. The highest BCUT2D eigenvalue weighted by molar-refractivity contribution is 9.10. The van der Waals surface area contributed by atoms with Crippen LogP contribution in [0.5, 0.6) is 0 Å². The summed E-state index contributed by atoms with van der Waals surface area (Å²) in [4.78, 5) is 19.3. The van der Waals surface area contributed by atoms with Crippen LogP contribution in [0.3, 0.4) is 0 Å². The van der Waals surface area contributed by atoms with E-state index in [1.807, 2.05) is 26.0 Å². The minimum absolute atomic E-state index is 0.0677. The van der Waals surface area contributed by atoms with E-state index in [9.17, 15) is 10.1 Å². The lowest BCUT2D eigenvalue weighted by Crippen LogP contribution is -2.02. The van der Waals surface area contributed by atoms with Crippen molar-refractivity contribution in [3.8, 4) is 5.82 Å². The molecule has 0 saturated carbocycles. The lowest BCUT2D eigenvalue weighted by Gasteiger charge is -2.06. The van der Waals surface area contributed by atoms with E-state index in [4.69, 9.17) is 0 Å². The third kappa shape index (κ3) is 2.29. The van der Waals surface area contributed by atoms with Gasteiger partial charge < -0.3 is 0 Å². The van der Waals surface area contributed by atoms with Gasteiger partial charge in [-0.25, -0.2) is 9.97 Å². The van der Waals surface area contributed by atoms with Crippen molar-refractivity contribution >= 4 is 32.7 Å². The molecule has 3 rings (SSSR count). The van der Waals surface area contributed by atoms with Crippen molar-refractivity contribution in [2.75, 3.05) is 0 Å². The summed E-state index contributed by atoms with van der Waals surface area (Å²) in [7, 11) is 0. The zero-order valence-electron chi connectivity index (χ0n) is 11.4. The maximum atomic E-state index is 11.2. The van der Waals surface area contributed by atoms with E-state index in [-0.39, 0.29) is 11.5 Å². The molecule has 0 unspecified atom stereocenters. The topological polar surface area (TPSA) is 73.8 Å². The van der Waals surface area contributed by atoms with Gasteiger partial charge >= 0.3 is 5.69 Å². The Hall–Kier alpha value is -2.28. The van der Waals surface area contributed by atoms with Crippen molar-refractivity contribution in [1.82, 2.24) is 14.5 Å². The average molecular weight is 347 g/mol. The number of fused-ring (bicyclic) bond motifs is 1. The van der Waals surface area contributed by atoms with Gasteiger partial charge in [-0.2, -0.15) is 0 Å². The zero-order valence-corrected chi connectivity index (χ0v) is 13.0. The zero-order chi connectivity index (χ0) is 15.1. The van der Waals surface area contributed by atoms with E-state index in [1.165, 1.54) is 12.3 Å². The van der Waals surface area contributed by atoms with Crippen LogP contribution in [0.1, 0.15) is 11.1 Å². The molecule has 21 heavy (non-hydrogen) atoms. The fraction of sp³-hybridized carbons (Fsp3) is 0.143. The lowest BCUT2D eigenvalue weighted by atomic mass is 10.1. The number of imidazole rings is 1. The van der Waals surface area contributed by atoms with Gasteiger partial charge in [0.25, 0.3) is 0 Å². The summed E-state index contributed by atoms with van der Waals surface area (Å²) in [6.07, 6.45) is 3.10. The molecular formula is C14H11BrN4O2. The Morgan fingerprint density at radius 1 is 1.19 bits per heavy atom. The molecule has 0 aliphatic rings. The fourth-order valence-corrected chi connectivity index (χ4v) is 2.49. The second kappa shape index (κ2) is 4.92. The summed E-state index contributed by atoms with van der Waals surface area (Å²) in [5, 5.41) is 11.2. The number of pyridine rings is 1. The minimum atomic E-state index is -0.444. The molecule has 0 N–H and O–H groups in total. The third-order valence-electron chi connectivity index (χ3n) is 3.40. The van der Waals surface area contributed by atoms with E-state index >= 15 is 0 Å². The van der Waals surface area contributed by atoms with E-state index in [2.05, 4.69) is 25.9 Å². The molecule has 0 atom stereocenters. The molecule has 0 aliphatic carbocycles. The molecule has 0 amide bonds. The largest absolute Gasteiger partial charge is 0.313 e. The highest BCUT2D eigenvalue weighted by atomic mass is 79.9. The first-order valence-electron chi connectivity index (χ1n) is 6.22. The summed E-state index contributed by atoms with van der Waals surface area (Å²) in [6, 6.07) is 5.37. The van der Waals surface area contributed by atoms with Crippen molar-refractivity contribution in [3.05, 3.63) is 56.4 Å². The second-order valence-electron chi connectivity index (χ2n) is 4.79. The standard InChI is InChI=1S/C14H11BrN4O2/c1-8-3-11-12(4-9(8)2)18(7-17-11)14-13(19(20)21)5-10(15)6-16-14/h3-7H,1-2H3. The van der Waals surface area contributed by atoms with Gasteiger partial charge in [-0.1, -0.05) is 0 Å². The predicted molar refractivity (Wildman–Crippen MR) is 82.7 cm³/mol. The van der Waals surface area contributed by atoms with Crippen LogP contribution in [-0.2, 0) is 0 Å². The molecule has 1 aromatic carbocycles. The number of benzene rings is 1. The van der Waals surface area contributed by atoms with Crippen LogP contribution in [0, 0.1) is 24.0 Å². The summed E-state index contributed by atoms with van der Waals surface area (Å²) in [5.41, 5.74) is 3.75. The number of aromatic nitrogens is 3. The molecule has 0 bridgehead atoms. The average Bonchev–Trinajstić information content (AvgIpc) is 2.82. The summed E-state index contributed by atoms with van der Waals surface area (Å²) in [5.74, 6) is 0.258. The molecule has 2 heterocycles. The van der Waals surface area contributed by atoms with Gasteiger partial charge in [0.15, 0.2) is 0 Å². The molecule has 6 nitrogen and oxygen atoms in total. The Morgan fingerprint density at radius 2 is 1.90 bits per heavy atom. The van der Waals surface area contributed by atoms with Crippen LogP contribution in [0.4, 0.5) is 5.69 Å². The molecule has 0 fully saturated rings. The normalized spacial score (nSPS) is 11.0. The maximum Gasteiger partial charge on any atom is 0.313 e. The molecule has 7 heteroatoms. The molecule has 0 radical (unpaired) electrons. The van der Waals surface area contributed by atoms with Gasteiger partial charge in [0.2, 0.25) is 5.82 Å². The molecule has 3 aromatic rings. The van der Waals surface area contributed by atoms with Crippen LogP contribution < -0.4 is 0 Å². The van der Waals surface area contributed by atoms with E-state index in [1.54, 1.807) is 10.9 Å². The Bertz CT molecular complexity index is 873. The summed E-state index contributed by atoms with van der Waals surface area (Å²) >= 11 is 3.21. The van der Waals surface area contributed by atoms with Crippen molar-refractivity contribution in [2.45, 2.75) is 13.8 Å². The highest BCUT2D eigenvalue weighted by Gasteiger charge is 2.19. The van der Waals surface area contributed by atoms with E-state index in [0.717, 1.165) is 22.2 Å². The van der Waals surface area contributed by atoms with Gasteiger partial charge in [-0.15, -0.1) is 0 Å². The molecular weight excluding hydrogens is 336 g/mol. The number of nitro groups is 1. The van der Waals surface area contributed by atoms with Crippen LogP contribution in [0.25, 0.3) is 16.9 Å². The Balaban J connectivity index is 2.31. The Labute approximate surface area is 128 Å². The van der Waals surface area contributed by atoms with E-state index < -0.39 is 4.92 Å². The van der Waals surface area contributed by atoms with Gasteiger partial charge in [0.05, 0.1) is 16.0 Å². The lowest BCUT2D eigenvalue weighted by molar-refractivity contribution is -0.384. The number of nitrogens with zero attached hydrogens (tertiary/aromatic N) is 4. The van der Waals surface area contributed by atoms with Gasteiger partial charge in [-0.3, -0.25) is 14.7 Å². The van der Waals surface area contributed by atoms with Crippen molar-refractivity contribution in [3.63, 3.8) is 0 Å². The number of hydrogen-bond donors (Lipinski definition) is 0. The molecule has 0 spiro atoms. The molecule has 106 valence electrons. The number of aryl methyl sites for hydroxylation is 2. The van der Waals surface area contributed by atoms with Gasteiger partial charge in [0, 0.05) is 16.7 Å². The smallest absolute Gasteiger partial charge is 0.277 e. The number of hydrogen-bond acceptors (Lipinski definition) is 4. The first kappa shape index (κ1) is 13.7. The first-order chi connectivity index (χ1) is 9.97. The molecule has 0 saturated heterocycles. The van der Waals surface area contributed by atoms with E-state index in [0.29, 0.717) is 4.47 Å². The SMILES string of the molecule is Cc1cc2ncn(-c3ncc(Br)cc3[N+](=O)[O-])c2cc1C. The quantitative estimate of drug-likeness (QED) is 0.523. The fourth-order valence-electron chi connectivity index (χ4n) is 2.17. The van der Waals surface area contributed by atoms with Gasteiger partial charge in [-0.05, 0) is 53.0 Å². The number of halogens is 1.